The molecule has 0 aliphatic carbocycles. The van der Waals surface area contributed by atoms with Gasteiger partial charge in [0.05, 0.1) is 5.69 Å². The first kappa shape index (κ1) is 17.5. The third-order valence-corrected chi connectivity index (χ3v) is 4.95. The van der Waals surface area contributed by atoms with Crippen molar-refractivity contribution in [2.45, 2.75) is 58.0 Å². The summed E-state index contributed by atoms with van der Waals surface area (Å²) < 4.78 is 1.85. The van der Waals surface area contributed by atoms with Gasteiger partial charge in [-0.15, -0.1) is 0 Å². The van der Waals surface area contributed by atoms with Crippen molar-refractivity contribution in [2.24, 2.45) is 0 Å². The fourth-order valence-electron chi connectivity index (χ4n) is 3.62. The minimum atomic E-state index is 0.230. The molecule has 2 heterocycles. The van der Waals surface area contributed by atoms with E-state index in [1.54, 1.807) is 6.07 Å². The number of aryl methyl sites for hydroxylation is 3. The van der Waals surface area contributed by atoms with Crippen LogP contribution >= 0.6 is 0 Å². The van der Waals surface area contributed by atoms with Gasteiger partial charge in [-0.2, -0.15) is 5.10 Å². The summed E-state index contributed by atoms with van der Waals surface area (Å²) in [6.45, 7) is 3.46. The van der Waals surface area contributed by atoms with Crippen LogP contribution in [0.5, 0.6) is 5.75 Å². The zero-order valence-electron chi connectivity index (χ0n) is 14.9. The lowest BCUT2D eigenvalue weighted by molar-refractivity contribution is -0.135. The lowest BCUT2D eigenvalue weighted by atomic mass is 9.95. The number of hydrogen-bond acceptors (Lipinski definition) is 3. The van der Waals surface area contributed by atoms with Gasteiger partial charge in [-0.1, -0.05) is 12.1 Å². The van der Waals surface area contributed by atoms with Crippen LogP contribution in [0.25, 0.3) is 0 Å². The van der Waals surface area contributed by atoms with Crippen LogP contribution in [0.15, 0.2) is 36.5 Å². The number of benzene rings is 1. The van der Waals surface area contributed by atoms with Crippen LogP contribution in [0, 0.1) is 6.92 Å². The average Bonchev–Trinajstić information content (AvgIpc) is 3.03. The van der Waals surface area contributed by atoms with Crippen LogP contribution < -0.4 is 0 Å². The minimum absolute atomic E-state index is 0.230. The van der Waals surface area contributed by atoms with Crippen LogP contribution in [-0.4, -0.2) is 38.3 Å². The van der Waals surface area contributed by atoms with E-state index >= 15 is 0 Å². The number of rotatable bonds is 6. The maximum atomic E-state index is 12.7. The summed E-state index contributed by atoms with van der Waals surface area (Å²) in [6, 6.07) is 9.69. The van der Waals surface area contributed by atoms with Crippen molar-refractivity contribution >= 4 is 5.91 Å². The quantitative estimate of drug-likeness (QED) is 0.877. The molecule has 1 atom stereocenters. The zero-order chi connectivity index (χ0) is 17.6. The molecule has 0 unspecified atom stereocenters. The van der Waals surface area contributed by atoms with Gasteiger partial charge < -0.3 is 10.0 Å². The third-order valence-electron chi connectivity index (χ3n) is 4.95. The summed E-state index contributed by atoms with van der Waals surface area (Å²) in [4.78, 5) is 14.8. The smallest absolute Gasteiger partial charge is 0.224 e. The van der Waals surface area contributed by atoms with Gasteiger partial charge in [0.2, 0.25) is 5.91 Å². The molecule has 134 valence electrons. The maximum absolute atomic E-state index is 12.7. The van der Waals surface area contributed by atoms with E-state index in [9.17, 15) is 9.90 Å². The van der Waals surface area contributed by atoms with Crippen molar-refractivity contribution in [1.29, 1.82) is 0 Å². The summed E-state index contributed by atoms with van der Waals surface area (Å²) in [5.41, 5.74) is 2.11. The molecule has 1 saturated heterocycles. The van der Waals surface area contributed by atoms with E-state index in [0.29, 0.717) is 24.8 Å². The summed E-state index contributed by atoms with van der Waals surface area (Å²) in [5, 5.41) is 14.0. The Labute approximate surface area is 149 Å². The summed E-state index contributed by atoms with van der Waals surface area (Å²) in [5.74, 6) is 0.539. The van der Waals surface area contributed by atoms with Gasteiger partial charge in [-0.05, 0) is 62.8 Å². The molecule has 1 aromatic carbocycles. The standard InChI is InChI=1S/C20H27N3O2/c1-16-10-13-22(21-16)14-11-20(25)23-12-3-2-6-18(23)9-8-17-5-4-7-19(24)15-17/h4-5,7,10,13,15,18,24H,2-3,6,8-9,11-12,14H2,1H3/t18-/m1/s1. The van der Waals surface area contributed by atoms with E-state index in [4.69, 9.17) is 0 Å². The highest BCUT2D eigenvalue weighted by molar-refractivity contribution is 5.76. The normalized spacial score (nSPS) is 17.6. The number of carbonyl (C=O) groups is 1. The molecule has 0 bridgehead atoms. The molecule has 0 radical (unpaired) electrons. The number of phenols is 1. The molecule has 1 amide bonds. The largest absolute Gasteiger partial charge is 0.508 e. The predicted octanol–water partition coefficient (Wildman–Crippen LogP) is 3.30. The first-order valence-electron chi connectivity index (χ1n) is 9.19. The fourth-order valence-corrected chi connectivity index (χ4v) is 3.62. The van der Waals surface area contributed by atoms with Gasteiger partial charge in [0, 0.05) is 31.7 Å². The van der Waals surface area contributed by atoms with Crippen LogP contribution in [0.2, 0.25) is 0 Å². The van der Waals surface area contributed by atoms with Crippen molar-refractivity contribution in [1.82, 2.24) is 14.7 Å². The molecule has 5 nitrogen and oxygen atoms in total. The number of nitrogens with zero attached hydrogens (tertiary/aromatic N) is 3. The molecule has 1 N–H and O–H groups in total. The molecule has 1 fully saturated rings. The average molecular weight is 341 g/mol. The number of aromatic hydroxyl groups is 1. The van der Waals surface area contributed by atoms with Crippen molar-refractivity contribution in [3.63, 3.8) is 0 Å². The van der Waals surface area contributed by atoms with Gasteiger partial charge in [0.25, 0.3) is 0 Å². The van der Waals surface area contributed by atoms with Gasteiger partial charge in [0.15, 0.2) is 0 Å². The van der Waals surface area contributed by atoms with E-state index in [-0.39, 0.29) is 5.91 Å². The Hall–Kier alpha value is -2.30. The number of piperidine rings is 1. The highest BCUT2D eigenvalue weighted by Crippen LogP contribution is 2.23. The zero-order valence-corrected chi connectivity index (χ0v) is 14.9. The second kappa shape index (κ2) is 8.19. The Bertz CT molecular complexity index is 710. The Kier molecular flexibility index (Phi) is 5.74. The third kappa shape index (κ3) is 4.84. The Morgan fingerprint density at radius 3 is 2.96 bits per heavy atom. The molecule has 1 aliphatic rings. The molecule has 0 saturated carbocycles. The number of carbonyl (C=O) groups excluding carboxylic acids is 1. The Morgan fingerprint density at radius 2 is 2.20 bits per heavy atom. The second-order valence-electron chi connectivity index (χ2n) is 6.92. The molecule has 2 aromatic rings. The highest BCUT2D eigenvalue weighted by atomic mass is 16.3. The SMILES string of the molecule is Cc1ccn(CCC(=O)N2CCCC[C@@H]2CCc2cccc(O)c2)n1. The van der Waals surface area contributed by atoms with Crippen molar-refractivity contribution in [3.05, 3.63) is 47.8 Å². The molecular formula is C20H27N3O2. The van der Waals surface area contributed by atoms with Gasteiger partial charge >= 0.3 is 0 Å². The summed E-state index contributed by atoms with van der Waals surface area (Å²) in [6.07, 6.45) is 7.63. The second-order valence-corrected chi connectivity index (χ2v) is 6.92. The lowest BCUT2D eigenvalue weighted by Crippen LogP contribution is -2.44. The fraction of sp³-hybridized carbons (Fsp3) is 0.500. The minimum Gasteiger partial charge on any atom is -0.508 e. The van der Waals surface area contributed by atoms with Crippen LogP contribution in [0.3, 0.4) is 0 Å². The van der Waals surface area contributed by atoms with E-state index in [2.05, 4.69) is 10.00 Å². The molecule has 0 spiro atoms. The molecule has 1 aromatic heterocycles. The molecule has 5 heteroatoms. The topological polar surface area (TPSA) is 58.4 Å². The van der Waals surface area contributed by atoms with Gasteiger partial charge in [-0.25, -0.2) is 0 Å². The van der Waals surface area contributed by atoms with E-state index in [1.807, 2.05) is 42.1 Å². The number of hydrogen-bond donors (Lipinski definition) is 1. The van der Waals surface area contributed by atoms with E-state index in [0.717, 1.165) is 43.5 Å². The predicted molar refractivity (Wildman–Crippen MR) is 97.4 cm³/mol. The maximum Gasteiger partial charge on any atom is 0.224 e. The van der Waals surface area contributed by atoms with Crippen LogP contribution in [0.1, 0.15) is 43.4 Å². The van der Waals surface area contributed by atoms with Crippen LogP contribution in [0.4, 0.5) is 0 Å². The first-order chi connectivity index (χ1) is 12.1. The number of amides is 1. The number of aromatic nitrogens is 2. The van der Waals surface area contributed by atoms with Gasteiger partial charge in [-0.3, -0.25) is 9.48 Å². The number of likely N-dealkylation sites (tertiary alicyclic amines) is 1. The lowest BCUT2D eigenvalue weighted by Gasteiger charge is -2.36. The van der Waals surface area contributed by atoms with Crippen molar-refractivity contribution in [2.75, 3.05) is 6.54 Å². The van der Waals surface area contributed by atoms with Gasteiger partial charge in [0.1, 0.15) is 5.75 Å². The molecule has 1 aliphatic heterocycles. The van der Waals surface area contributed by atoms with Crippen LogP contribution in [-0.2, 0) is 17.8 Å². The molecular weight excluding hydrogens is 314 g/mol. The van der Waals surface area contributed by atoms with Crippen molar-refractivity contribution < 1.29 is 9.90 Å². The van der Waals surface area contributed by atoms with E-state index < -0.39 is 0 Å². The monoisotopic (exact) mass is 341 g/mol. The van der Waals surface area contributed by atoms with E-state index in [1.165, 1.54) is 6.42 Å². The molecule has 3 rings (SSSR count). The Morgan fingerprint density at radius 1 is 1.32 bits per heavy atom. The van der Waals surface area contributed by atoms with Crippen molar-refractivity contribution in [3.8, 4) is 5.75 Å². The summed E-state index contributed by atoms with van der Waals surface area (Å²) >= 11 is 0. The Balaban J connectivity index is 1.55. The molecule has 25 heavy (non-hydrogen) atoms. The number of phenolic OH excluding ortho intramolecular Hbond substituents is 1. The first-order valence-corrected chi connectivity index (χ1v) is 9.19. The highest BCUT2D eigenvalue weighted by Gasteiger charge is 2.26. The summed E-state index contributed by atoms with van der Waals surface area (Å²) in [7, 11) is 0.